The van der Waals surface area contributed by atoms with Crippen molar-refractivity contribution >= 4 is 39.6 Å². The first-order valence-corrected chi connectivity index (χ1v) is 8.65. The van der Waals surface area contributed by atoms with Crippen LogP contribution in [-0.4, -0.2) is 24.2 Å². The summed E-state index contributed by atoms with van der Waals surface area (Å²) in [6.07, 6.45) is 3.09. The summed E-state index contributed by atoms with van der Waals surface area (Å²) >= 11 is 6.88. The Morgan fingerprint density at radius 1 is 1.48 bits per heavy atom. The summed E-state index contributed by atoms with van der Waals surface area (Å²) in [5.41, 5.74) is 1.84. The maximum atomic E-state index is 12.3. The van der Waals surface area contributed by atoms with Gasteiger partial charge in [-0.15, -0.1) is 11.3 Å². The minimum Gasteiger partial charge on any atom is -0.462 e. The van der Waals surface area contributed by atoms with Gasteiger partial charge in [0.05, 0.1) is 12.2 Å². The van der Waals surface area contributed by atoms with Crippen LogP contribution in [0.3, 0.4) is 0 Å². The van der Waals surface area contributed by atoms with Crippen LogP contribution in [0.5, 0.6) is 0 Å². The summed E-state index contributed by atoms with van der Waals surface area (Å²) < 4.78 is 5.23. The molecule has 1 atom stereocenters. The van der Waals surface area contributed by atoms with Gasteiger partial charge in [-0.3, -0.25) is 0 Å². The third-order valence-electron chi connectivity index (χ3n) is 3.56. The van der Waals surface area contributed by atoms with E-state index in [1.165, 1.54) is 4.88 Å². The quantitative estimate of drug-likeness (QED) is 0.656. The average Bonchev–Trinajstić information content (AvgIpc) is 2.75. The van der Waals surface area contributed by atoms with E-state index in [0.29, 0.717) is 23.2 Å². The second-order valence-electron chi connectivity index (χ2n) is 5.26. The van der Waals surface area contributed by atoms with Gasteiger partial charge in [0, 0.05) is 11.4 Å². The second-order valence-corrected chi connectivity index (χ2v) is 6.77. The van der Waals surface area contributed by atoms with E-state index >= 15 is 0 Å². The van der Waals surface area contributed by atoms with Crippen molar-refractivity contribution in [3.05, 3.63) is 16.0 Å². The number of fused-ring (bicyclic) bond motifs is 1. The van der Waals surface area contributed by atoms with Crippen LogP contribution in [0.25, 0.3) is 0 Å². The summed E-state index contributed by atoms with van der Waals surface area (Å²) in [4.78, 5) is 13.6. The number of anilines is 1. The minimum atomic E-state index is -0.244. The number of carbonyl (C=O) groups is 1. The van der Waals surface area contributed by atoms with E-state index in [9.17, 15) is 4.79 Å². The van der Waals surface area contributed by atoms with Crippen molar-refractivity contribution in [2.45, 2.75) is 40.0 Å². The zero-order valence-electron chi connectivity index (χ0n) is 12.7. The van der Waals surface area contributed by atoms with Crippen molar-refractivity contribution in [2.24, 2.45) is 5.92 Å². The molecule has 2 N–H and O–H groups in total. The van der Waals surface area contributed by atoms with E-state index in [2.05, 4.69) is 17.6 Å². The Labute approximate surface area is 135 Å². The van der Waals surface area contributed by atoms with Crippen molar-refractivity contribution in [2.75, 3.05) is 18.5 Å². The fourth-order valence-electron chi connectivity index (χ4n) is 2.57. The summed E-state index contributed by atoms with van der Waals surface area (Å²) in [5, 5.41) is 7.59. The highest BCUT2D eigenvalue weighted by molar-refractivity contribution is 7.80. The number of thiophene rings is 1. The van der Waals surface area contributed by atoms with Gasteiger partial charge < -0.3 is 15.4 Å². The van der Waals surface area contributed by atoms with Crippen LogP contribution in [-0.2, 0) is 17.6 Å². The number of hydrogen-bond donors (Lipinski definition) is 2. The first-order chi connectivity index (χ1) is 10.1. The molecule has 0 aliphatic heterocycles. The smallest absolute Gasteiger partial charge is 0.341 e. The van der Waals surface area contributed by atoms with Gasteiger partial charge in [-0.1, -0.05) is 6.92 Å². The van der Waals surface area contributed by atoms with Crippen molar-refractivity contribution < 1.29 is 9.53 Å². The van der Waals surface area contributed by atoms with Crippen LogP contribution >= 0.6 is 23.6 Å². The molecule has 0 spiro atoms. The van der Waals surface area contributed by atoms with Crippen LogP contribution in [0.4, 0.5) is 5.00 Å². The molecule has 116 valence electrons. The first kappa shape index (κ1) is 16.2. The number of rotatable bonds is 4. The molecule has 21 heavy (non-hydrogen) atoms. The van der Waals surface area contributed by atoms with E-state index in [-0.39, 0.29) is 5.97 Å². The van der Waals surface area contributed by atoms with E-state index < -0.39 is 0 Å². The fourth-order valence-corrected chi connectivity index (χ4v) is 4.28. The molecule has 0 saturated carbocycles. The minimum absolute atomic E-state index is 0.244. The molecule has 0 bridgehead atoms. The molecular weight excluding hydrogens is 304 g/mol. The Morgan fingerprint density at radius 3 is 2.90 bits per heavy atom. The molecule has 0 amide bonds. The normalized spacial score (nSPS) is 17.0. The van der Waals surface area contributed by atoms with Gasteiger partial charge in [0.25, 0.3) is 0 Å². The van der Waals surface area contributed by atoms with Crippen LogP contribution < -0.4 is 10.6 Å². The lowest BCUT2D eigenvalue weighted by molar-refractivity contribution is 0.0526. The third kappa shape index (κ3) is 3.74. The maximum absolute atomic E-state index is 12.3. The van der Waals surface area contributed by atoms with Gasteiger partial charge >= 0.3 is 5.97 Å². The largest absolute Gasteiger partial charge is 0.462 e. The SMILES string of the molecule is CCNC(=S)Nc1sc2c(c1C(=O)OCC)CC[C@H](C)C2. The number of esters is 1. The highest BCUT2D eigenvalue weighted by Gasteiger charge is 2.28. The maximum Gasteiger partial charge on any atom is 0.341 e. The second kappa shape index (κ2) is 7.22. The van der Waals surface area contributed by atoms with Gasteiger partial charge in [0.1, 0.15) is 5.00 Å². The van der Waals surface area contributed by atoms with Crippen molar-refractivity contribution in [3.8, 4) is 0 Å². The predicted molar refractivity (Wildman–Crippen MR) is 91.4 cm³/mol. The molecule has 0 unspecified atom stereocenters. The molecule has 4 nitrogen and oxygen atoms in total. The molecule has 0 aromatic carbocycles. The van der Waals surface area contributed by atoms with Crippen LogP contribution in [0.2, 0.25) is 0 Å². The predicted octanol–water partition coefficient (Wildman–Crippen LogP) is 3.36. The summed E-state index contributed by atoms with van der Waals surface area (Å²) in [6, 6.07) is 0. The van der Waals surface area contributed by atoms with Crippen LogP contribution in [0, 0.1) is 5.92 Å². The number of carbonyl (C=O) groups excluding carboxylic acids is 1. The van der Waals surface area contributed by atoms with Crippen molar-refractivity contribution in [1.29, 1.82) is 0 Å². The summed E-state index contributed by atoms with van der Waals surface area (Å²) in [5.74, 6) is 0.422. The summed E-state index contributed by atoms with van der Waals surface area (Å²) in [6.45, 7) is 7.21. The Hall–Kier alpha value is -1.14. The van der Waals surface area contributed by atoms with Gasteiger partial charge in [-0.2, -0.15) is 0 Å². The Morgan fingerprint density at radius 2 is 2.24 bits per heavy atom. The van der Waals surface area contributed by atoms with Gasteiger partial charge in [-0.05, 0) is 56.8 Å². The molecular formula is C15H22N2O2S2. The lowest BCUT2D eigenvalue weighted by Gasteiger charge is -2.18. The first-order valence-electron chi connectivity index (χ1n) is 7.43. The molecule has 1 aromatic heterocycles. The lowest BCUT2D eigenvalue weighted by Crippen LogP contribution is -2.28. The highest BCUT2D eigenvalue weighted by atomic mass is 32.1. The fraction of sp³-hybridized carbons (Fsp3) is 0.600. The molecule has 6 heteroatoms. The Kier molecular flexibility index (Phi) is 5.58. The molecule has 1 aliphatic carbocycles. The van der Waals surface area contributed by atoms with Crippen LogP contribution in [0.15, 0.2) is 0 Å². The molecule has 1 aliphatic rings. The summed E-state index contributed by atoms with van der Waals surface area (Å²) in [7, 11) is 0. The van der Waals surface area contributed by atoms with Crippen molar-refractivity contribution in [3.63, 3.8) is 0 Å². The zero-order valence-corrected chi connectivity index (χ0v) is 14.4. The number of nitrogens with one attached hydrogen (secondary N) is 2. The van der Waals surface area contributed by atoms with Crippen LogP contribution in [0.1, 0.15) is 48.0 Å². The average molecular weight is 326 g/mol. The number of ether oxygens (including phenoxy) is 1. The molecule has 0 saturated heterocycles. The molecule has 1 heterocycles. The van der Waals surface area contributed by atoms with Gasteiger partial charge in [-0.25, -0.2) is 4.79 Å². The monoisotopic (exact) mass is 326 g/mol. The molecule has 0 radical (unpaired) electrons. The van der Waals surface area contributed by atoms with E-state index in [1.54, 1.807) is 11.3 Å². The molecule has 0 fully saturated rings. The van der Waals surface area contributed by atoms with E-state index in [1.807, 2.05) is 13.8 Å². The number of thiocarbonyl (C=S) groups is 1. The lowest BCUT2D eigenvalue weighted by atomic mass is 9.88. The van der Waals surface area contributed by atoms with E-state index in [4.69, 9.17) is 17.0 Å². The topological polar surface area (TPSA) is 50.4 Å². The van der Waals surface area contributed by atoms with E-state index in [0.717, 1.165) is 36.4 Å². The standard InChI is InChI=1S/C15H22N2O2S2/c1-4-16-15(20)17-13-12(14(18)19-5-2)10-7-6-9(3)8-11(10)21-13/h9H,4-8H2,1-3H3,(H2,16,17,20)/t9-/m0/s1. The number of hydrogen-bond acceptors (Lipinski definition) is 4. The molecule has 1 aromatic rings. The van der Waals surface area contributed by atoms with Gasteiger partial charge in [0.2, 0.25) is 0 Å². The van der Waals surface area contributed by atoms with Crippen molar-refractivity contribution in [1.82, 2.24) is 5.32 Å². The Balaban J connectivity index is 2.33. The Bertz CT molecular complexity index is 540. The molecule has 2 rings (SSSR count). The van der Waals surface area contributed by atoms with Gasteiger partial charge in [0.15, 0.2) is 5.11 Å². The zero-order chi connectivity index (χ0) is 15.4. The third-order valence-corrected chi connectivity index (χ3v) is 4.97. The highest BCUT2D eigenvalue weighted by Crippen LogP contribution is 2.40.